The number of likely N-dealkylation sites (tertiary alicyclic amines) is 1. The molecule has 31 heavy (non-hydrogen) atoms. The molecule has 0 radical (unpaired) electrons. The molecule has 8 heteroatoms. The van der Waals surface area contributed by atoms with E-state index in [1.54, 1.807) is 36.8 Å². The quantitative estimate of drug-likeness (QED) is 0.632. The van der Waals surface area contributed by atoms with Crippen LogP contribution in [-0.4, -0.2) is 57.9 Å². The van der Waals surface area contributed by atoms with E-state index in [1.165, 1.54) is 6.07 Å². The summed E-state index contributed by atoms with van der Waals surface area (Å²) in [4.78, 5) is 34.2. The Balaban J connectivity index is 1.47. The molecule has 1 aliphatic heterocycles. The molecule has 1 aromatic carbocycles. The van der Waals surface area contributed by atoms with Gasteiger partial charge in [0.05, 0.1) is 12.6 Å². The van der Waals surface area contributed by atoms with Crippen LogP contribution in [0.5, 0.6) is 0 Å². The van der Waals surface area contributed by atoms with Gasteiger partial charge in [-0.3, -0.25) is 9.78 Å². The fraction of sp³-hybridized carbons (Fsp3) is 0.348. The number of rotatable bonds is 5. The Bertz CT molecular complexity index is 1050. The fourth-order valence-corrected chi connectivity index (χ4v) is 3.76. The van der Waals surface area contributed by atoms with Crippen molar-refractivity contribution in [3.8, 4) is 11.5 Å². The van der Waals surface area contributed by atoms with Crippen molar-refractivity contribution < 1.29 is 9.18 Å². The molecular weight excluding hydrogens is 395 g/mol. The number of aromatic nitrogens is 4. The summed E-state index contributed by atoms with van der Waals surface area (Å²) in [5, 5.41) is 0. The van der Waals surface area contributed by atoms with Gasteiger partial charge in [0.1, 0.15) is 17.3 Å². The van der Waals surface area contributed by atoms with E-state index in [4.69, 9.17) is 4.98 Å². The van der Waals surface area contributed by atoms with Gasteiger partial charge in [-0.25, -0.2) is 19.3 Å². The van der Waals surface area contributed by atoms with E-state index < -0.39 is 0 Å². The van der Waals surface area contributed by atoms with Crippen LogP contribution in [0, 0.1) is 5.82 Å². The lowest BCUT2D eigenvalue weighted by atomic mass is 9.92. The Labute approximate surface area is 181 Å². The van der Waals surface area contributed by atoms with Crippen molar-refractivity contribution in [2.24, 2.45) is 0 Å². The molecule has 0 bridgehead atoms. The van der Waals surface area contributed by atoms with Gasteiger partial charge in [-0.2, -0.15) is 0 Å². The molecule has 0 unspecified atom stereocenters. The third-order valence-electron chi connectivity index (χ3n) is 5.55. The number of carbonyl (C=O) groups excluding carboxylic acids is 1. The van der Waals surface area contributed by atoms with Gasteiger partial charge in [0.25, 0.3) is 0 Å². The highest BCUT2D eigenvalue weighted by atomic mass is 19.1. The predicted octanol–water partition coefficient (Wildman–Crippen LogP) is 3.09. The molecule has 3 heterocycles. The Morgan fingerprint density at radius 1 is 1.16 bits per heavy atom. The van der Waals surface area contributed by atoms with Gasteiger partial charge in [0, 0.05) is 57.3 Å². The first-order chi connectivity index (χ1) is 15.0. The highest BCUT2D eigenvalue weighted by molar-refractivity contribution is 5.79. The maximum Gasteiger partial charge on any atom is 0.227 e. The molecule has 1 saturated heterocycles. The zero-order valence-corrected chi connectivity index (χ0v) is 17.7. The molecule has 4 rings (SSSR count). The van der Waals surface area contributed by atoms with Crippen LogP contribution in [0.25, 0.3) is 11.5 Å². The van der Waals surface area contributed by atoms with Crippen LogP contribution < -0.4 is 4.90 Å². The predicted molar refractivity (Wildman–Crippen MR) is 116 cm³/mol. The summed E-state index contributed by atoms with van der Waals surface area (Å²) in [5.41, 5.74) is 2.01. The number of nitrogens with zero attached hydrogens (tertiary/aromatic N) is 6. The number of hydrogen-bond acceptors (Lipinski definition) is 6. The van der Waals surface area contributed by atoms with E-state index in [-0.39, 0.29) is 24.1 Å². The molecule has 0 saturated carbocycles. The summed E-state index contributed by atoms with van der Waals surface area (Å²) < 4.78 is 13.9. The first-order valence-electron chi connectivity index (χ1n) is 10.3. The normalized spacial score (nSPS) is 14.5. The Hall–Kier alpha value is -3.42. The molecule has 7 nitrogen and oxygen atoms in total. The number of halogens is 1. The highest BCUT2D eigenvalue weighted by Crippen LogP contribution is 2.30. The van der Waals surface area contributed by atoms with Gasteiger partial charge in [-0.05, 0) is 24.5 Å². The van der Waals surface area contributed by atoms with E-state index in [2.05, 4.69) is 15.0 Å². The summed E-state index contributed by atoms with van der Waals surface area (Å²) in [6.07, 6.45) is 6.59. The number of carbonyl (C=O) groups is 1. The molecule has 0 N–H and O–H groups in total. The second-order valence-electron chi connectivity index (χ2n) is 7.88. The summed E-state index contributed by atoms with van der Waals surface area (Å²) in [6, 6.07) is 8.44. The van der Waals surface area contributed by atoms with Crippen molar-refractivity contribution >= 4 is 11.7 Å². The van der Waals surface area contributed by atoms with Gasteiger partial charge in [0.2, 0.25) is 5.91 Å². The van der Waals surface area contributed by atoms with Gasteiger partial charge in [-0.15, -0.1) is 0 Å². The minimum atomic E-state index is -0.334. The van der Waals surface area contributed by atoms with Gasteiger partial charge < -0.3 is 9.80 Å². The van der Waals surface area contributed by atoms with Crippen LogP contribution in [0.3, 0.4) is 0 Å². The van der Waals surface area contributed by atoms with E-state index in [0.29, 0.717) is 30.2 Å². The number of anilines is 1. The van der Waals surface area contributed by atoms with Crippen LogP contribution in [0.4, 0.5) is 10.2 Å². The standard InChI is InChI=1S/C23H25FN6O/c1-29(2)21-14-19(27-23(28-21)20-15-25-9-10-26-20)16-7-11-30(12-8-16)22(31)13-17-5-3-4-6-18(17)24/h3-6,9-10,14-16H,7-8,11-13H2,1-2H3. The zero-order chi connectivity index (χ0) is 21.8. The number of hydrogen-bond donors (Lipinski definition) is 0. The Morgan fingerprint density at radius 2 is 1.94 bits per heavy atom. The van der Waals surface area contributed by atoms with E-state index in [0.717, 1.165) is 24.4 Å². The zero-order valence-electron chi connectivity index (χ0n) is 17.7. The minimum absolute atomic E-state index is 0.0412. The van der Waals surface area contributed by atoms with E-state index in [1.807, 2.05) is 30.0 Å². The van der Waals surface area contributed by atoms with Gasteiger partial charge in [0.15, 0.2) is 5.82 Å². The van der Waals surface area contributed by atoms with Gasteiger partial charge in [-0.1, -0.05) is 18.2 Å². The lowest BCUT2D eigenvalue weighted by molar-refractivity contribution is -0.131. The second kappa shape index (κ2) is 9.16. The average molecular weight is 420 g/mol. The molecule has 2 aromatic heterocycles. The second-order valence-corrected chi connectivity index (χ2v) is 7.88. The average Bonchev–Trinajstić information content (AvgIpc) is 2.81. The Kier molecular flexibility index (Phi) is 6.16. The fourth-order valence-electron chi connectivity index (χ4n) is 3.76. The lowest BCUT2D eigenvalue weighted by Gasteiger charge is -2.32. The molecule has 3 aromatic rings. The molecule has 1 aliphatic rings. The summed E-state index contributed by atoms with van der Waals surface area (Å²) in [5.74, 6) is 1.20. The molecular formula is C23H25FN6O. The maximum atomic E-state index is 13.9. The van der Waals surface area contributed by atoms with Crippen molar-refractivity contribution in [3.63, 3.8) is 0 Å². The summed E-state index contributed by atoms with van der Waals surface area (Å²) in [6.45, 7) is 1.25. The van der Waals surface area contributed by atoms with Crippen LogP contribution in [0.15, 0.2) is 48.9 Å². The van der Waals surface area contributed by atoms with Crippen LogP contribution >= 0.6 is 0 Å². The third kappa shape index (κ3) is 4.84. The first kappa shape index (κ1) is 20.8. The molecule has 160 valence electrons. The smallest absolute Gasteiger partial charge is 0.227 e. The van der Waals surface area contributed by atoms with Crippen LogP contribution in [0.2, 0.25) is 0 Å². The number of benzene rings is 1. The summed E-state index contributed by atoms with van der Waals surface area (Å²) >= 11 is 0. The van der Waals surface area contributed by atoms with E-state index in [9.17, 15) is 9.18 Å². The van der Waals surface area contributed by atoms with Crippen molar-refractivity contribution in [1.29, 1.82) is 0 Å². The van der Waals surface area contributed by atoms with Crippen molar-refractivity contribution in [1.82, 2.24) is 24.8 Å². The topological polar surface area (TPSA) is 75.1 Å². The molecule has 0 aliphatic carbocycles. The minimum Gasteiger partial charge on any atom is -0.363 e. The number of amides is 1. The molecule has 1 amide bonds. The van der Waals surface area contributed by atoms with E-state index >= 15 is 0 Å². The lowest BCUT2D eigenvalue weighted by Crippen LogP contribution is -2.39. The van der Waals surface area contributed by atoms with Crippen molar-refractivity contribution in [2.75, 3.05) is 32.1 Å². The largest absolute Gasteiger partial charge is 0.363 e. The van der Waals surface area contributed by atoms with Crippen molar-refractivity contribution in [2.45, 2.75) is 25.2 Å². The van der Waals surface area contributed by atoms with Crippen LogP contribution in [0.1, 0.15) is 30.0 Å². The SMILES string of the molecule is CN(C)c1cc(C2CCN(C(=O)Cc3ccccc3F)CC2)nc(-c2cnccn2)n1. The monoisotopic (exact) mass is 420 g/mol. The van der Waals surface area contributed by atoms with Gasteiger partial charge >= 0.3 is 0 Å². The summed E-state index contributed by atoms with van der Waals surface area (Å²) in [7, 11) is 3.88. The number of piperidine rings is 1. The highest BCUT2D eigenvalue weighted by Gasteiger charge is 2.26. The van der Waals surface area contributed by atoms with Crippen molar-refractivity contribution in [3.05, 3.63) is 66.0 Å². The first-order valence-corrected chi connectivity index (χ1v) is 10.3. The third-order valence-corrected chi connectivity index (χ3v) is 5.55. The molecule has 0 atom stereocenters. The molecule has 1 fully saturated rings. The van der Waals surface area contributed by atoms with Crippen LogP contribution in [-0.2, 0) is 11.2 Å². The molecule has 0 spiro atoms. The maximum absolute atomic E-state index is 13.9. The Morgan fingerprint density at radius 3 is 2.61 bits per heavy atom.